The summed E-state index contributed by atoms with van der Waals surface area (Å²) in [5, 5.41) is 50.5. The molecule has 111 heavy (non-hydrogen) atoms. The van der Waals surface area contributed by atoms with Gasteiger partial charge in [-0.05, 0) is 134 Å². The monoisotopic (exact) mass is 1600 g/mol. The van der Waals surface area contributed by atoms with E-state index in [9.17, 15) is 90.5 Å². The molecule has 0 radical (unpaired) electrons. The number of rotatable bonds is 45. The Balaban J connectivity index is 0.00000497. The predicted molar refractivity (Wildman–Crippen MR) is 397 cm³/mol. The number of aromatic amines is 1. The molecule has 0 unspecified atom stereocenters. The van der Waals surface area contributed by atoms with Crippen LogP contribution in [0, 0.1) is 5.92 Å². The number of aliphatic hydroxyl groups is 1. The normalized spacial score (nSPS) is 17.6. The molecule has 3 aliphatic heterocycles. The number of H-pyrrole nitrogens is 1. The van der Waals surface area contributed by atoms with E-state index in [-0.39, 0.29) is 148 Å². The molecule has 3 aliphatic rings. The number of aromatic nitrogens is 2. The summed E-state index contributed by atoms with van der Waals surface area (Å²) in [5.41, 5.74) is 39.5. The minimum absolute atomic E-state index is 0. The van der Waals surface area contributed by atoms with Gasteiger partial charge in [0.15, 0.2) is 11.9 Å². The number of nitrogens with one attached hydrogen (secondary N) is 10. The summed E-state index contributed by atoms with van der Waals surface area (Å²) in [6, 6.07) is -15.4. The third-order valence-corrected chi connectivity index (χ3v) is 18.3. The first-order valence-electron chi connectivity index (χ1n) is 35.9. The smallest absolute Gasteiger partial charge is 0.480 e. The zero-order chi connectivity index (χ0) is 82.5. The Kier molecular flexibility index (Phi) is 42.9. The van der Waals surface area contributed by atoms with Crippen molar-refractivity contribution in [1.29, 1.82) is 0 Å². The molecule has 1 aromatic rings. The van der Waals surface area contributed by atoms with Crippen molar-refractivity contribution in [3.8, 4) is 0 Å². The fourth-order valence-corrected chi connectivity index (χ4v) is 12.4. The summed E-state index contributed by atoms with van der Waals surface area (Å²) in [7, 11) is 0. The number of nitrogens with two attached hydrogens (primary N) is 7. The van der Waals surface area contributed by atoms with Crippen LogP contribution in [0.1, 0.15) is 143 Å². The number of aliphatic hydroxyl groups excluding tert-OH is 1. The second-order valence-corrected chi connectivity index (χ2v) is 27.8. The van der Waals surface area contributed by atoms with Crippen molar-refractivity contribution in [2.75, 3.05) is 64.4 Å². The van der Waals surface area contributed by atoms with Crippen molar-refractivity contribution in [2.24, 2.45) is 56.0 Å². The fourth-order valence-electron chi connectivity index (χ4n) is 11.9. The summed E-state index contributed by atoms with van der Waals surface area (Å²) in [5.74, 6) is -14.4. The second kappa shape index (κ2) is 49.2. The third-order valence-electron chi connectivity index (χ3n) is 17.7. The van der Waals surface area contributed by atoms with Gasteiger partial charge < -0.3 is 123 Å². The SMILES string of the molecule is C.CSCC[C@H](NC(=O)[C@@H]1CCCN1C(=O)CNC(=O)[C@H](CCCCN)NC(=O)[C@H](Cc1cnc[nH]1)NC(=O)[C@H](CO)NC(=O)[C@H](CC(C)C)NC(=O)[C@H](CCCN=C(N)N)NC(=O)[C@@H]1CCCN1C(=O)[C@H](CCCN=C(N)N)NC(=O)[C@@H](N)CCC(N)=O)C(=O)N1CCC[C@H]1C(=O)N[C@@H](C)C(=O)O.O=C(O)C(F)(F)F. The Morgan fingerprint density at radius 2 is 1.04 bits per heavy atom. The number of hydrogen-bond acceptors (Lipinski definition) is 22. The summed E-state index contributed by atoms with van der Waals surface area (Å²) >= 11 is 1.42. The number of carbonyl (C=O) groups excluding carboxylic acids is 13. The molecular formula is C66H112F3N23O18S. The van der Waals surface area contributed by atoms with Gasteiger partial charge in [0.25, 0.3) is 0 Å². The number of guanidine groups is 2. The number of alkyl halides is 3. The lowest BCUT2D eigenvalue weighted by atomic mass is 10.0. The molecule has 45 heteroatoms. The maximum absolute atomic E-state index is 14.5. The summed E-state index contributed by atoms with van der Waals surface area (Å²) in [6.45, 7) is 3.80. The number of carboxylic acids is 2. The van der Waals surface area contributed by atoms with E-state index in [0.717, 1.165) is 0 Å². The quantitative estimate of drug-likeness (QED) is 0.0164. The van der Waals surface area contributed by atoms with Gasteiger partial charge in [-0.1, -0.05) is 21.3 Å². The number of thioether (sulfide) groups is 1. The highest BCUT2D eigenvalue weighted by molar-refractivity contribution is 7.98. The summed E-state index contributed by atoms with van der Waals surface area (Å²) in [6.07, 6.45) is 1.70. The second-order valence-electron chi connectivity index (χ2n) is 26.8. The molecule has 12 atom stereocenters. The molecule has 3 fully saturated rings. The molecule has 626 valence electrons. The van der Waals surface area contributed by atoms with Gasteiger partial charge in [-0.3, -0.25) is 77.1 Å². The third kappa shape index (κ3) is 33.9. The molecule has 41 nitrogen and oxygen atoms in total. The molecular weight excluding hydrogens is 1490 g/mol. The van der Waals surface area contributed by atoms with E-state index in [1.165, 1.54) is 45.9 Å². The number of aliphatic carboxylic acids is 2. The number of primary amides is 1. The van der Waals surface area contributed by atoms with Crippen LogP contribution in [0.15, 0.2) is 22.5 Å². The van der Waals surface area contributed by atoms with Crippen molar-refractivity contribution in [1.82, 2.24) is 72.5 Å². The van der Waals surface area contributed by atoms with E-state index in [1.807, 2.05) is 6.26 Å². The van der Waals surface area contributed by atoms with Crippen molar-refractivity contribution >= 4 is 112 Å². The van der Waals surface area contributed by atoms with Crippen molar-refractivity contribution < 1.29 is 100 Å². The number of likely N-dealkylation sites (tertiary alicyclic amines) is 3. The molecule has 0 bridgehead atoms. The van der Waals surface area contributed by atoms with Crippen LogP contribution in [-0.2, 0) is 78.3 Å². The minimum Gasteiger partial charge on any atom is -0.480 e. The van der Waals surface area contributed by atoms with Crippen LogP contribution in [0.5, 0.6) is 0 Å². The number of carbonyl (C=O) groups is 15. The number of halogens is 3. The highest BCUT2D eigenvalue weighted by Gasteiger charge is 2.44. The predicted octanol–water partition coefficient (Wildman–Crippen LogP) is -6.09. The first kappa shape index (κ1) is 96.9. The van der Waals surface area contributed by atoms with Crippen molar-refractivity contribution in [2.45, 2.75) is 222 Å². The molecule has 0 saturated carbocycles. The number of aliphatic imine (C=N–C) groups is 2. The number of nitrogens with zero attached hydrogens (tertiary/aromatic N) is 6. The van der Waals surface area contributed by atoms with E-state index >= 15 is 0 Å². The van der Waals surface area contributed by atoms with Gasteiger partial charge >= 0.3 is 18.1 Å². The standard InChI is InChI=1S/C63H107N23O16S.C2HF3O2.CH4/c1-34(2)28-42(81-52(92)39(13-7-22-72-62(67)68)78-58(98)47-17-11-26-86(47)59(99)40(14-8-23-73-63(69)70)79-50(90)37(65)18-19-48(66)88)53(93)83-44(32-87)55(95)82-43(29-36-30-71-33-75-36)54(94)77-38(12-5-6-21-64)51(91)74-31-49(89)84-24-9-15-45(84)57(97)80-41(20-27-103-4)60(100)85-25-10-16-46(85)56(96)76-35(3)61(101)102;3-2(4,5)1(6)7;/h30,33-35,37-47,87H,5-29,31-32,64-65H2,1-4H3,(H2,66,88)(H,71,75)(H,74,91)(H,76,96)(H,77,94)(H,78,98)(H,79,90)(H,80,97)(H,81,92)(H,82,95)(H,83,93)(H,101,102)(H4,67,68,72)(H4,69,70,73);(H,6,7);1H4/t35-,37-,38-,39-,40-,41-,42-,43-,44-,45-,46-,47-;;/m0../s1. The van der Waals surface area contributed by atoms with Crippen LogP contribution in [0.3, 0.4) is 0 Å². The van der Waals surface area contributed by atoms with E-state index in [4.69, 9.17) is 50.0 Å². The van der Waals surface area contributed by atoms with Crippen LogP contribution in [0.2, 0.25) is 0 Å². The van der Waals surface area contributed by atoms with Crippen molar-refractivity contribution in [3.05, 3.63) is 18.2 Å². The topological polar surface area (TPSA) is 670 Å². The summed E-state index contributed by atoms with van der Waals surface area (Å²) < 4.78 is 31.7. The maximum Gasteiger partial charge on any atom is 0.490 e. The average molecular weight is 1600 g/mol. The van der Waals surface area contributed by atoms with Gasteiger partial charge in [0.2, 0.25) is 76.8 Å². The average Bonchev–Trinajstić information content (AvgIpc) is 1.72. The van der Waals surface area contributed by atoms with Crippen LogP contribution < -0.4 is 88.0 Å². The fraction of sp³-hybridized carbons (Fsp3) is 0.697. The lowest BCUT2D eigenvalue weighted by Crippen LogP contribution is -2.61. The largest absolute Gasteiger partial charge is 0.490 e. The first-order chi connectivity index (χ1) is 51.8. The van der Waals surface area contributed by atoms with Gasteiger partial charge in [-0.25, -0.2) is 9.78 Å². The molecule has 4 heterocycles. The van der Waals surface area contributed by atoms with E-state index in [2.05, 4.69) is 67.8 Å². The maximum atomic E-state index is 14.5. The lowest BCUT2D eigenvalue weighted by molar-refractivity contribution is -0.192. The van der Waals surface area contributed by atoms with Gasteiger partial charge in [0.05, 0.1) is 25.5 Å². The van der Waals surface area contributed by atoms with Crippen LogP contribution >= 0.6 is 11.8 Å². The zero-order valence-corrected chi connectivity index (χ0v) is 62.8. The molecule has 4 rings (SSSR count). The Morgan fingerprint density at radius 3 is 1.52 bits per heavy atom. The molecule has 27 N–H and O–H groups in total. The Hall–Kier alpha value is -10.2. The van der Waals surface area contributed by atoms with Crippen LogP contribution in [0.25, 0.3) is 0 Å². The lowest BCUT2D eigenvalue weighted by Gasteiger charge is -2.31. The Labute approximate surface area is 644 Å². The number of imidazole rings is 1. The van der Waals surface area contributed by atoms with Crippen LogP contribution in [0.4, 0.5) is 13.2 Å². The molecule has 3 saturated heterocycles. The molecule has 0 aliphatic carbocycles. The molecule has 13 amide bonds. The number of hydrogen-bond donors (Lipinski definition) is 20. The van der Waals surface area contributed by atoms with E-state index < -0.39 is 181 Å². The number of carboxylic acid groups (broad SMARTS) is 2. The van der Waals surface area contributed by atoms with E-state index in [1.54, 1.807) is 13.8 Å². The highest BCUT2D eigenvalue weighted by atomic mass is 32.2. The summed E-state index contributed by atoms with van der Waals surface area (Å²) in [4.78, 5) is 219. The Bertz CT molecular complexity index is 3350. The molecule has 0 spiro atoms. The highest BCUT2D eigenvalue weighted by Crippen LogP contribution is 2.24. The van der Waals surface area contributed by atoms with Crippen LogP contribution in [-0.4, -0.2) is 284 Å². The van der Waals surface area contributed by atoms with Gasteiger partial charge in [-0.15, -0.1) is 0 Å². The zero-order valence-electron chi connectivity index (χ0n) is 62.0. The van der Waals surface area contributed by atoms with Gasteiger partial charge in [0.1, 0.15) is 66.5 Å². The van der Waals surface area contributed by atoms with Crippen molar-refractivity contribution in [3.63, 3.8) is 0 Å². The Morgan fingerprint density at radius 1 is 0.595 bits per heavy atom. The van der Waals surface area contributed by atoms with Gasteiger partial charge in [0, 0.05) is 57.5 Å². The number of amides is 13. The van der Waals surface area contributed by atoms with E-state index in [0.29, 0.717) is 43.6 Å². The number of unbranched alkanes of at least 4 members (excludes halogenated alkanes) is 1. The first-order valence-corrected chi connectivity index (χ1v) is 37.3. The minimum atomic E-state index is -5.08. The molecule has 0 aromatic carbocycles. The molecule has 1 aromatic heterocycles. The van der Waals surface area contributed by atoms with Gasteiger partial charge in [-0.2, -0.15) is 24.9 Å².